The molecular weight excluding hydrogens is 342 g/mol. The van der Waals surface area contributed by atoms with Crippen molar-refractivity contribution in [2.75, 3.05) is 0 Å². The Morgan fingerprint density at radius 2 is 1.80 bits per heavy atom. The number of alkyl halides is 3. The normalized spacial score (nSPS) is 13.4. The summed E-state index contributed by atoms with van der Waals surface area (Å²) in [7, 11) is -8.47. The number of aromatic nitrogens is 1. The molecule has 0 saturated heterocycles. The standard InChI is InChI=1S/C9H10ClF4NO3SSi/c1-20(2,3)7-5(10)4-15-8(11)6(7)18-19(16,17)9(12,13)14/h4H,1-3H3. The van der Waals surface area contributed by atoms with E-state index >= 15 is 0 Å². The van der Waals surface area contributed by atoms with E-state index < -0.39 is 35.4 Å². The van der Waals surface area contributed by atoms with Gasteiger partial charge in [-0.3, -0.25) is 0 Å². The summed E-state index contributed by atoms with van der Waals surface area (Å²) in [6.45, 7) is 4.92. The third-order valence-electron chi connectivity index (χ3n) is 2.17. The number of hydrogen-bond donors (Lipinski definition) is 0. The molecule has 0 N–H and O–H groups in total. The molecule has 0 aliphatic carbocycles. The summed E-state index contributed by atoms with van der Waals surface area (Å²) in [5.41, 5.74) is -5.67. The van der Waals surface area contributed by atoms with Gasteiger partial charge in [-0.25, -0.2) is 4.98 Å². The van der Waals surface area contributed by atoms with Crippen LogP contribution in [0.3, 0.4) is 0 Å². The van der Waals surface area contributed by atoms with Crippen LogP contribution in [-0.4, -0.2) is 27.0 Å². The zero-order valence-electron chi connectivity index (χ0n) is 10.5. The molecule has 0 fully saturated rings. The summed E-state index contributed by atoms with van der Waals surface area (Å²) in [6, 6.07) is 0. The van der Waals surface area contributed by atoms with Crippen LogP contribution in [0, 0.1) is 5.95 Å². The molecule has 0 radical (unpaired) electrons. The minimum atomic E-state index is -5.99. The molecule has 0 unspecified atom stereocenters. The third kappa shape index (κ3) is 3.41. The zero-order valence-corrected chi connectivity index (χ0v) is 13.1. The molecule has 0 saturated carbocycles. The van der Waals surface area contributed by atoms with Crippen LogP contribution in [0.15, 0.2) is 6.20 Å². The second-order valence-electron chi connectivity index (χ2n) is 4.83. The summed E-state index contributed by atoms with van der Waals surface area (Å²) in [5, 5.41) is -0.225. The Kier molecular flexibility index (Phi) is 4.43. The predicted octanol–water partition coefficient (Wildman–Crippen LogP) is 2.65. The number of nitrogens with zero attached hydrogens (tertiary/aromatic N) is 1. The topological polar surface area (TPSA) is 56.3 Å². The molecule has 1 heterocycles. The zero-order chi connectivity index (χ0) is 15.9. The van der Waals surface area contributed by atoms with Gasteiger partial charge in [0, 0.05) is 11.4 Å². The van der Waals surface area contributed by atoms with Gasteiger partial charge in [0.2, 0.25) is 0 Å². The second-order valence-corrected chi connectivity index (χ2v) is 11.8. The Bertz CT molecular complexity index is 627. The van der Waals surface area contributed by atoms with Crippen molar-refractivity contribution in [1.29, 1.82) is 0 Å². The lowest BCUT2D eigenvalue weighted by molar-refractivity contribution is -0.0500. The van der Waals surface area contributed by atoms with E-state index in [0.29, 0.717) is 0 Å². The first-order valence-corrected chi connectivity index (χ1v) is 10.4. The summed E-state index contributed by atoms with van der Waals surface area (Å²) in [4.78, 5) is 3.09. The minimum Gasteiger partial charge on any atom is -0.371 e. The van der Waals surface area contributed by atoms with Gasteiger partial charge in [0.1, 0.15) is 0 Å². The molecule has 0 aliphatic heterocycles. The molecule has 0 spiro atoms. The quantitative estimate of drug-likeness (QED) is 0.276. The van der Waals surface area contributed by atoms with E-state index in [1.165, 1.54) is 0 Å². The van der Waals surface area contributed by atoms with Crippen molar-refractivity contribution < 1.29 is 30.2 Å². The Hall–Kier alpha value is -0.873. The van der Waals surface area contributed by atoms with Crippen LogP contribution in [0.1, 0.15) is 0 Å². The van der Waals surface area contributed by atoms with Gasteiger partial charge in [-0.05, 0) is 0 Å². The van der Waals surface area contributed by atoms with Crippen LogP contribution in [0.4, 0.5) is 17.6 Å². The van der Waals surface area contributed by atoms with Crippen molar-refractivity contribution in [3.8, 4) is 5.75 Å². The lowest BCUT2D eigenvalue weighted by Crippen LogP contribution is -2.42. The van der Waals surface area contributed by atoms with E-state index in [1.54, 1.807) is 19.6 Å². The van der Waals surface area contributed by atoms with Gasteiger partial charge in [-0.1, -0.05) is 31.2 Å². The van der Waals surface area contributed by atoms with Gasteiger partial charge in [-0.15, -0.1) is 0 Å². The minimum absolute atomic E-state index is 0.0838. The molecule has 0 bridgehead atoms. The van der Waals surface area contributed by atoms with Gasteiger partial charge >= 0.3 is 15.6 Å². The number of halogens is 5. The highest BCUT2D eigenvalue weighted by Gasteiger charge is 2.49. The Labute approximate surface area is 118 Å². The summed E-state index contributed by atoms with van der Waals surface area (Å²) in [5.74, 6) is -2.55. The first-order chi connectivity index (χ1) is 8.77. The molecule has 0 amide bonds. The van der Waals surface area contributed by atoms with Gasteiger partial charge < -0.3 is 4.18 Å². The smallest absolute Gasteiger partial charge is 0.371 e. The molecule has 114 valence electrons. The van der Waals surface area contributed by atoms with Crippen molar-refractivity contribution in [3.05, 3.63) is 17.2 Å². The highest BCUT2D eigenvalue weighted by Crippen LogP contribution is 2.29. The number of pyridine rings is 1. The number of rotatable bonds is 3. The summed E-state index contributed by atoms with van der Waals surface area (Å²) < 4.78 is 76.4. The van der Waals surface area contributed by atoms with E-state index in [-0.39, 0.29) is 10.2 Å². The maximum absolute atomic E-state index is 13.6. The lowest BCUT2D eigenvalue weighted by Gasteiger charge is -2.22. The van der Waals surface area contributed by atoms with E-state index in [4.69, 9.17) is 11.6 Å². The number of hydrogen-bond acceptors (Lipinski definition) is 4. The van der Waals surface area contributed by atoms with E-state index in [1.807, 2.05) is 0 Å². The highest BCUT2D eigenvalue weighted by molar-refractivity contribution is 7.88. The van der Waals surface area contributed by atoms with Gasteiger partial charge in [-0.2, -0.15) is 26.0 Å². The van der Waals surface area contributed by atoms with Crippen LogP contribution in [-0.2, 0) is 10.1 Å². The van der Waals surface area contributed by atoms with Crippen molar-refractivity contribution >= 4 is 35.0 Å². The van der Waals surface area contributed by atoms with Crippen molar-refractivity contribution in [2.24, 2.45) is 0 Å². The maximum Gasteiger partial charge on any atom is 0.534 e. The Morgan fingerprint density at radius 1 is 1.30 bits per heavy atom. The van der Waals surface area contributed by atoms with Gasteiger partial charge in [0.05, 0.1) is 13.1 Å². The fourth-order valence-electron chi connectivity index (χ4n) is 1.38. The van der Waals surface area contributed by atoms with Crippen LogP contribution >= 0.6 is 11.6 Å². The average Bonchev–Trinajstić information content (AvgIpc) is 2.19. The fraction of sp³-hybridized carbons (Fsp3) is 0.444. The SMILES string of the molecule is C[Si](C)(C)c1c(Cl)cnc(F)c1OS(=O)(=O)C(F)(F)F. The van der Waals surface area contributed by atoms with Crippen molar-refractivity contribution in [1.82, 2.24) is 4.98 Å². The lowest BCUT2D eigenvalue weighted by atomic mass is 10.4. The van der Waals surface area contributed by atoms with Crippen LogP contribution in [0.5, 0.6) is 5.75 Å². The highest BCUT2D eigenvalue weighted by atomic mass is 35.5. The molecule has 0 atom stereocenters. The molecule has 0 aromatic carbocycles. The largest absolute Gasteiger partial charge is 0.534 e. The maximum atomic E-state index is 13.6. The molecular formula is C9H10ClF4NO3SSi. The van der Waals surface area contributed by atoms with Crippen LogP contribution in [0.25, 0.3) is 0 Å². The molecule has 11 heteroatoms. The Morgan fingerprint density at radius 3 is 2.20 bits per heavy atom. The molecule has 20 heavy (non-hydrogen) atoms. The predicted molar refractivity (Wildman–Crippen MR) is 67.8 cm³/mol. The Balaban J connectivity index is 3.51. The molecule has 4 nitrogen and oxygen atoms in total. The molecule has 0 aliphatic rings. The average molecular weight is 352 g/mol. The van der Waals surface area contributed by atoms with Gasteiger partial charge in [0.15, 0.2) is 5.75 Å². The molecule has 1 rings (SSSR count). The van der Waals surface area contributed by atoms with E-state index in [9.17, 15) is 26.0 Å². The first kappa shape index (κ1) is 17.2. The summed E-state index contributed by atoms with van der Waals surface area (Å²) in [6.07, 6.45) is 0.900. The van der Waals surface area contributed by atoms with Crippen molar-refractivity contribution in [2.45, 2.75) is 25.1 Å². The van der Waals surface area contributed by atoms with Gasteiger partial charge in [0.25, 0.3) is 5.95 Å². The van der Waals surface area contributed by atoms with Crippen LogP contribution < -0.4 is 9.37 Å². The van der Waals surface area contributed by atoms with E-state index in [0.717, 1.165) is 6.20 Å². The third-order valence-corrected chi connectivity index (χ3v) is 5.57. The van der Waals surface area contributed by atoms with Crippen LogP contribution in [0.2, 0.25) is 24.7 Å². The van der Waals surface area contributed by atoms with Crippen molar-refractivity contribution in [3.63, 3.8) is 0 Å². The monoisotopic (exact) mass is 351 g/mol. The van der Waals surface area contributed by atoms with E-state index in [2.05, 4.69) is 9.17 Å². The molecule has 1 aromatic rings. The summed E-state index contributed by atoms with van der Waals surface area (Å²) >= 11 is 5.78. The molecule has 1 aromatic heterocycles. The fourth-order valence-corrected chi connectivity index (χ4v) is 4.52. The second kappa shape index (κ2) is 5.15. The first-order valence-electron chi connectivity index (χ1n) is 5.12.